The Morgan fingerprint density at radius 1 is 1.28 bits per heavy atom. The van der Waals surface area contributed by atoms with Crippen LogP contribution in [0.15, 0.2) is 23.0 Å². The van der Waals surface area contributed by atoms with E-state index in [9.17, 15) is 4.79 Å². The van der Waals surface area contributed by atoms with Crippen molar-refractivity contribution in [2.45, 2.75) is 6.92 Å². The Hall–Kier alpha value is -1.88. The Bertz CT molecular complexity index is 628. The molecule has 5 nitrogen and oxygen atoms in total. The molecule has 94 valence electrons. The van der Waals surface area contributed by atoms with E-state index in [1.165, 1.54) is 0 Å². The molecule has 18 heavy (non-hydrogen) atoms. The zero-order valence-corrected chi connectivity index (χ0v) is 10.4. The number of aromatic nitrogens is 2. The Kier molecular flexibility index (Phi) is 2.76. The van der Waals surface area contributed by atoms with Crippen LogP contribution in [0.4, 0.5) is 5.95 Å². The monoisotopic (exact) mass is 244 g/mol. The van der Waals surface area contributed by atoms with E-state index in [1.807, 2.05) is 25.1 Å². The van der Waals surface area contributed by atoms with Crippen LogP contribution in [0.25, 0.3) is 10.9 Å². The molecular weight excluding hydrogens is 228 g/mol. The van der Waals surface area contributed by atoms with Gasteiger partial charge in [0.25, 0.3) is 5.56 Å². The van der Waals surface area contributed by atoms with Crippen LogP contribution >= 0.6 is 0 Å². The molecule has 0 aliphatic carbocycles. The first-order chi connectivity index (χ1) is 8.74. The molecule has 0 spiro atoms. The number of nitrogens with one attached hydrogen (secondary N) is 2. The van der Waals surface area contributed by atoms with E-state index in [1.54, 1.807) is 0 Å². The fraction of sp³-hybridized carbons (Fsp3) is 0.385. The van der Waals surface area contributed by atoms with Crippen LogP contribution in [0.2, 0.25) is 0 Å². The molecule has 1 fully saturated rings. The summed E-state index contributed by atoms with van der Waals surface area (Å²) in [6.07, 6.45) is 0. The van der Waals surface area contributed by atoms with Gasteiger partial charge >= 0.3 is 0 Å². The van der Waals surface area contributed by atoms with Gasteiger partial charge < -0.3 is 10.2 Å². The predicted molar refractivity (Wildman–Crippen MR) is 72.2 cm³/mol. The fourth-order valence-electron chi connectivity index (χ4n) is 2.27. The molecule has 2 heterocycles. The van der Waals surface area contributed by atoms with Crippen LogP contribution in [0.5, 0.6) is 0 Å². The maximum absolute atomic E-state index is 12.1. The summed E-state index contributed by atoms with van der Waals surface area (Å²) in [6, 6.07) is 5.77. The molecule has 1 aromatic carbocycles. The first-order valence-corrected chi connectivity index (χ1v) is 6.20. The summed E-state index contributed by atoms with van der Waals surface area (Å²) in [4.78, 5) is 21.6. The fourth-order valence-corrected chi connectivity index (χ4v) is 2.27. The van der Waals surface area contributed by atoms with Crippen molar-refractivity contribution in [1.29, 1.82) is 0 Å². The van der Waals surface area contributed by atoms with Crippen LogP contribution in [0.3, 0.4) is 0 Å². The molecule has 1 aromatic heterocycles. The second kappa shape index (κ2) is 4.42. The quantitative estimate of drug-likeness (QED) is 0.773. The van der Waals surface area contributed by atoms with Gasteiger partial charge in [-0.1, -0.05) is 11.6 Å². The number of hydrogen-bond acceptors (Lipinski definition) is 4. The van der Waals surface area contributed by atoms with Crippen molar-refractivity contribution in [3.63, 3.8) is 0 Å². The minimum atomic E-state index is -0.0581. The SMILES string of the molecule is Cc1ccc2nc(N3CCNCC3)[nH]c(=O)c2c1. The van der Waals surface area contributed by atoms with E-state index in [0.717, 1.165) is 37.3 Å². The maximum atomic E-state index is 12.1. The van der Waals surface area contributed by atoms with E-state index in [0.29, 0.717) is 11.3 Å². The molecule has 2 aromatic rings. The molecule has 0 bridgehead atoms. The van der Waals surface area contributed by atoms with Crippen molar-refractivity contribution in [2.75, 3.05) is 31.1 Å². The Morgan fingerprint density at radius 3 is 2.83 bits per heavy atom. The zero-order chi connectivity index (χ0) is 12.5. The zero-order valence-electron chi connectivity index (χ0n) is 10.4. The normalized spacial score (nSPS) is 16.2. The van der Waals surface area contributed by atoms with Gasteiger partial charge in [0.15, 0.2) is 0 Å². The molecule has 0 saturated carbocycles. The number of aromatic amines is 1. The summed E-state index contributed by atoms with van der Waals surface area (Å²) in [5.41, 5.74) is 1.78. The van der Waals surface area contributed by atoms with Crippen molar-refractivity contribution >= 4 is 16.9 Å². The smallest absolute Gasteiger partial charge is 0.260 e. The van der Waals surface area contributed by atoms with Gasteiger partial charge in [-0.05, 0) is 19.1 Å². The van der Waals surface area contributed by atoms with Gasteiger partial charge in [0.1, 0.15) is 0 Å². The first kappa shape index (κ1) is 11.2. The first-order valence-electron chi connectivity index (χ1n) is 6.20. The average molecular weight is 244 g/mol. The predicted octanol–water partition coefficient (Wildman–Crippen LogP) is 0.641. The topological polar surface area (TPSA) is 61.0 Å². The van der Waals surface area contributed by atoms with E-state index in [2.05, 4.69) is 20.2 Å². The number of anilines is 1. The minimum Gasteiger partial charge on any atom is -0.340 e. The molecule has 0 radical (unpaired) electrons. The van der Waals surface area contributed by atoms with E-state index in [-0.39, 0.29) is 5.56 Å². The second-order valence-corrected chi connectivity index (χ2v) is 4.65. The van der Waals surface area contributed by atoms with Crippen molar-refractivity contribution < 1.29 is 0 Å². The Labute approximate surface area is 105 Å². The Balaban J connectivity index is 2.09. The number of aryl methyl sites for hydroxylation is 1. The highest BCUT2D eigenvalue weighted by molar-refractivity contribution is 5.79. The molecule has 0 amide bonds. The minimum absolute atomic E-state index is 0.0581. The number of nitrogens with zero attached hydrogens (tertiary/aromatic N) is 2. The maximum Gasteiger partial charge on any atom is 0.260 e. The summed E-state index contributed by atoms with van der Waals surface area (Å²) >= 11 is 0. The highest BCUT2D eigenvalue weighted by atomic mass is 16.1. The third kappa shape index (κ3) is 1.97. The van der Waals surface area contributed by atoms with E-state index in [4.69, 9.17) is 0 Å². The van der Waals surface area contributed by atoms with Crippen LogP contribution < -0.4 is 15.8 Å². The molecular formula is C13H16N4O. The lowest BCUT2D eigenvalue weighted by atomic mass is 10.2. The molecule has 1 aliphatic rings. The summed E-state index contributed by atoms with van der Waals surface area (Å²) in [5.74, 6) is 0.679. The number of H-pyrrole nitrogens is 1. The number of hydrogen-bond donors (Lipinski definition) is 2. The van der Waals surface area contributed by atoms with Gasteiger partial charge in [-0.15, -0.1) is 0 Å². The second-order valence-electron chi connectivity index (χ2n) is 4.65. The van der Waals surface area contributed by atoms with Gasteiger partial charge in [-0.25, -0.2) is 4.98 Å². The highest BCUT2D eigenvalue weighted by Gasteiger charge is 2.13. The molecule has 1 saturated heterocycles. The van der Waals surface area contributed by atoms with Gasteiger partial charge in [-0.3, -0.25) is 9.78 Å². The third-order valence-corrected chi connectivity index (χ3v) is 3.26. The summed E-state index contributed by atoms with van der Waals surface area (Å²) in [6.45, 7) is 5.58. The Morgan fingerprint density at radius 2 is 2.06 bits per heavy atom. The van der Waals surface area contributed by atoms with Crippen LogP contribution in [-0.4, -0.2) is 36.1 Å². The van der Waals surface area contributed by atoms with Gasteiger partial charge in [0, 0.05) is 26.2 Å². The third-order valence-electron chi connectivity index (χ3n) is 3.26. The standard InChI is InChI=1S/C13H16N4O/c1-9-2-3-11-10(8-9)12(18)16-13(15-11)17-6-4-14-5-7-17/h2-3,8,14H,4-7H2,1H3,(H,15,16,18). The van der Waals surface area contributed by atoms with E-state index >= 15 is 0 Å². The number of fused-ring (bicyclic) bond motifs is 1. The highest BCUT2D eigenvalue weighted by Crippen LogP contribution is 2.13. The van der Waals surface area contributed by atoms with Crippen molar-refractivity contribution in [3.05, 3.63) is 34.1 Å². The number of rotatable bonds is 1. The van der Waals surface area contributed by atoms with E-state index < -0.39 is 0 Å². The largest absolute Gasteiger partial charge is 0.340 e. The van der Waals surface area contributed by atoms with Gasteiger partial charge in [-0.2, -0.15) is 0 Å². The van der Waals surface area contributed by atoms with Crippen LogP contribution in [0.1, 0.15) is 5.56 Å². The van der Waals surface area contributed by atoms with Crippen molar-refractivity contribution in [3.8, 4) is 0 Å². The molecule has 0 atom stereocenters. The molecule has 1 aliphatic heterocycles. The summed E-state index contributed by atoms with van der Waals surface area (Å²) in [5, 5.41) is 3.94. The lowest BCUT2D eigenvalue weighted by Crippen LogP contribution is -2.44. The summed E-state index contributed by atoms with van der Waals surface area (Å²) in [7, 11) is 0. The van der Waals surface area contributed by atoms with Crippen LogP contribution in [0, 0.1) is 6.92 Å². The molecule has 2 N–H and O–H groups in total. The van der Waals surface area contributed by atoms with Crippen molar-refractivity contribution in [1.82, 2.24) is 15.3 Å². The number of piperazine rings is 1. The molecule has 0 unspecified atom stereocenters. The number of benzene rings is 1. The molecule has 5 heteroatoms. The summed E-state index contributed by atoms with van der Waals surface area (Å²) < 4.78 is 0. The van der Waals surface area contributed by atoms with Crippen LogP contribution in [-0.2, 0) is 0 Å². The average Bonchev–Trinajstić information content (AvgIpc) is 2.40. The lowest BCUT2D eigenvalue weighted by molar-refractivity contribution is 0.580. The van der Waals surface area contributed by atoms with Gasteiger partial charge in [0.2, 0.25) is 5.95 Å². The molecule has 3 rings (SSSR count). The lowest BCUT2D eigenvalue weighted by Gasteiger charge is -2.27. The van der Waals surface area contributed by atoms with Crippen molar-refractivity contribution in [2.24, 2.45) is 0 Å². The van der Waals surface area contributed by atoms with Gasteiger partial charge in [0.05, 0.1) is 10.9 Å².